The summed E-state index contributed by atoms with van der Waals surface area (Å²) in [4.78, 5) is 0. The van der Waals surface area contributed by atoms with Gasteiger partial charge >= 0.3 is 0 Å². The van der Waals surface area contributed by atoms with E-state index in [0.29, 0.717) is 6.04 Å². The number of benzene rings is 1. The Balaban J connectivity index is 2.16. The van der Waals surface area contributed by atoms with Gasteiger partial charge in [-0.3, -0.25) is 0 Å². The first kappa shape index (κ1) is 16.8. The van der Waals surface area contributed by atoms with E-state index in [1.807, 2.05) is 0 Å². The van der Waals surface area contributed by atoms with Gasteiger partial charge in [-0.15, -0.1) is 0 Å². The van der Waals surface area contributed by atoms with Crippen molar-refractivity contribution in [1.82, 2.24) is 5.32 Å². The average Bonchev–Trinajstić information content (AvgIpc) is 2.48. The maximum Gasteiger partial charge on any atom is 0.0359 e. The highest BCUT2D eigenvalue weighted by Crippen LogP contribution is 2.39. The summed E-state index contributed by atoms with van der Waals surface area (Å²) >= 11 is 6.11. The van der Waals surface area contributed by atoms with Gasteiger partial charge in [-0.05, 0) is 77.6 Å². The van der Waals surface area contributed by atoms with E-state index in [4.69, 9.17) is 0 Å². The Morgan fingerprint density at radius 3 is 2.55 bits per heavy atom. The molecule has 0 saturated heterocycles. The van der Waals surface area contributed by atoms with Crippen LogP contribution in [0, 0.1) is 15.4 Å². The van der Waals surface area contributed by atoms with Crippen molar-refractivity contribution in [2.24, 2.45) is 11.8 Å². The highest BCUT2D eigenvalue weighted by Gasteiger charge is 2.28. The molecule has 2 rings (SSSR count). The second kappa shape index (κ2) is 8.14. The van der Waals surface area contributed by atoms with Gasteiger partial charge in [0, 0.05) is 14.1 Å². The van der Waals surface area contributed by atoms with Crippen LogP contribution in [0.2, 0.25) is 0 Å². The molecular formula is C17H25BrIN. The smallest absolute Gasteiger partial charge is 0.0359 e. The summed E-state index contributed by atoms with van der Waals surface area (Å²) in [6.07, 6.45) is 6.92. The zero-order chi connectivity index (χ0) is 14.5. The molecule has 1 atom stereocenters. The van der Waals surface area contributed by atoms with Crippen molar-refractivity contribution in [2.45, 2.75) is 52.0 Å². The predicted molar refractivity (Wildman–Crippen MR) is 99.0 cm³/mol. The summed E-state index contributed by atoms with van der Waals surface area (Å²) in [7, 11) is 0. The second-order valence-corrected chi connectivity index (χ2v) is 7.97. The minimum Gasteiger partial charge on any atom is -0.310 e. The standard InChI is InChI=1S/C17H25BrIN/c1-3-12-5-7-13(8-6-12)17(20-4-2)15-11-14(18)9-10-16(15)19/h9-13,17,20H,3-8H2,1-2H3. The molecule has 112 valence electrons. The van der Waals surface area contributed by atoms with E-state index in [-0.39, 0.29) is 0 Å². The zero-order valence-corrected chi connectivity index (χ0v) is 16.2. The molecule has 1 aliphatic rings. The van der Waals surface area contributed by atoms with Crippen LogP contribution in [0.1, 0.15) is 57.6 Å². The molecule has 0 aliphatic heterocycles. The molecule has 1 saturated carbocycles. The lowest BCUT2D eigenvalue weighted by atomic mass is 9.76. The van der Waals surface area contributed by atoms with Gasteiger partial charge in [-0.25, -0.2) is 0 Å². The van der Waals surface area contributed by atoms with Crippen molar-refractivity contribution in [3.8, 4) is 0 Å². The summed E-state index contributed by atoms with van der Waals surface area (Å²) < 4.78 is 2.58. The lowest BCUT2D eigenvalue weighted by molar-refractivity contribution is 0.219. The van der Waals surface area contributed by atoms with Crippen LogP contribution in [-0.2, 0) is 0 Å². The third-order valence-electron chi connectivity index (χ3n) is 4.66. The van der Waals surface area contributed by atoms with E-state index in [9.17, 15) is 0 Å². The zero-order valence-electron chi connectivity index (χ0n) is 12.5. The van der Waals surface area contributed by atoms with Crippen LogP contribution in [0.5, 0.6) is 0 Å². The first-order chi connectivity index (χ1) is 9.65. The van der Waals surface area contributed by atoms with Crippen LogP contribution in [0.15, 0.2) is 22.7 Å². The number of hydrogen-bond donors (Lipinski definition) is 1. The molecule has 0 radical (unpaired) electrons. The van der Waals surface area contributed by atoms with E-state index in [1.165, 1.54) is 45.7 Å². The van der Waals surface area contributed by atoms with E-state index in [2.05, 4.69) is 75.9 Å². The van der Waals surface area contributed by atoms with E-state index in [0.717, 1.165) is 18.4 Å². The van der Waals surface area contributed by atoms with Crippen LogP contribution >= 0.6 is 38.5 Å². The topological polar surface area (TPSA) is 12.0 Å². The third-order valence-corrected chi connectivity index (χ3v) is 6.13. The molecule has 1 N–H and O–H groups in total. The maximum atomic E-state index is 3.74. The van der Waals surface area contributed by atoms with Gasteiger partial charge < -0.3 is 5.32 Å². The Morgan fingerprint density at radius 1 is 1.25 bits per heavy atom. The van der Waals surface area contributed by atoms with Crippen LogP contribution < -0.4 is 5.32 Å². The summed E-state index contributed by atoms with van der Waals surface area (Å²) in [5.41, 5.74) is 1.47. The Bertz CT molecular complexity index is 427. The second-order valence-electron chi connectivity index (χ2n) is 5.89. The molecule has 0 bridgehead atoms. The lowest BCUT2D eigenvalue weighted by Gasteiger charge is -2.35. The third kappa shape index (κ3) is 4.20. The normalized spacial score (nSPS) is 24.6. The highest BCUT2D eigenvalue weighted by molar-refractivity contribution is 14.1. The van der Waals surface area contributed by atoms with Gasteiger partial charge in [0.15, 0.2) is 0 Å². The van der Waals surface area contributed by atoms with Gasteiger partial charge in [-0.1, -0.05) is 49.0 Å². The first-order valence-corrected chi connectivity index (χ1v) is 9.71. The summed E-state index contributed by atoms with van der Waals surface area (Å²) in [5, 5.41) is 3.74. The fraction of sp³-hybridized carbons (Fsp3) is 0.647. The molecular weight excluding hydrogens is 425 g/mol. The van der Waals surface area contributed by atoms with Gasteiger partial charge in [0.1, 0.15) is 0 Å². The lowest BCUT2D eigenvalue weighted by Crippen LogP contribution is -2.31. The van der Waals surface area contributed by atoms with Crippen molar-refractivity contribution in [3.63, 3.8) is 0 Å². The number of rotatable bonds is 5. The highest BCUT2D eigenvalue weighted by atomic mass is 127. The average molecular weight is 450 g/mol. The Kier molecular flexibility index (Phi) is 6.82. The molecule has 1 aromatic carbocycles. The van der Waals surface area contributed by atoms with Crippen LogP contribution in [0.4, 0.5) is 0 Å². The van der Waals surface area contributed by atoms with Crippen molar-refractivity contribution in [1.29, 1.82) is 0 Å². The predicted octanol–water partition coefficient (Wildman–Crippen LogP) is 5.92. The Morgan fingerprint density at radius 2 is 1.95 bits per heavy atom. The number of halogens is 2. The van der Waals surface area contributed by atoms with Gasteiger partial charge in [0.25, 0.3) is 0 Å². The molecule has 0 heterocycles. The Hall–Kier alpha value is 0.390. The van der Waals surface area contributed by atoms with Gasteiger partial charge in [0.2, 0.25) is 0 Å². The van der Waals surface area contributed by atoms with Crippen LogP contribution in [0.25, 0.3) is 0 Å². The summed E-state index contributed by atoms with van der Waals surface area (Å²) in [5.74, 6) is 1.76. The molecule has 0 aromatic heterocycles. The molecule has 1 unspecified atom stereocenters. The van der Waals surface area contributed by atoms with E-state index in [1.54, 1.807) is 0 Å². The minimum atomic E-state index is 0.516. The number of nitrogens with one attached hydrogen (secondary N) is 1. The largest absolute Gasteiger partial charge is 0.310 e. The van der Waals surface area contributed by atoms with Crippen LogP contribution in [0.3, 0.4) is 0 Å². The van der Waals surface area contributed by atoms with Crippen molar-refractivity contribution < 1.29 is 0 Å². The maximum absolute atomic E-state index is 3.74. The number of hydrogen-bond acceptors (Lipinski definition) is 1. The van der Waals surface area contributed by atoms with Crippen molar-refractivity contribution in [3.05, 3.63) is 31.8 Å². The molecule has 1 fully saturated rings. The fourth-order valence-electron chi connectivity index (χ4n) is 3.43. The molecule has 1 aliphatic carbocycles. The van der Waals surface area contributed by atoms with Crippen LogP contribution in [-0.4, -0.2) is 6.54 Å². The first-order valence-electron chi connectivity index (χ1n) is 7.84. The van der Waals surface area contributed by atoms with Crippen molar-refractivity contribution in [2.75, 3.05) is 6.54 Å². The molecule has 3 heteroatoms. The SMILES string of the molecule is CCNC(c1cc(Br)ccc1I)C1CCC(CC)CC1. The monoisotopic (exact) mass is 449 g/mol. The Labute approximate surface area is 145 Å². The van der Waals surface area contributed by atoms with Gasteiger partial charge in [0.05, 0.1) is 0 Å². The quantitative estimate of drug-likeness (QED) is 0.550. The summed E-state index contributed by atoms with van der Waals surface area (Å²) in [6.45, 7) is 5.60. The van der Waals surface area contributed by atoms with E-state index < -0.39 is 0 Å². The van der Waals surface area contributed by atoms with E-state index >= 15 is 0 Å². The van der Waals surface area contributed by atoms with Gasteiger partial charge in [-0.2, -0.15) is 0 Å². The molecule has 1 aromatic rings. The van der Waals surface area contributed by atoms with Crippen molar-refractivity contribution >= 4 is 38.5 Å². The fourth-order valence-corrected chi connectivity index (χ4v) is 4.48. The molecule has 0 amide bonds. The molecule has 0 spiro atoms. The minimum absolute atomic E-state index is 0.516. The molecule has 20 heavy (non-hydrogen) atoms. The summed E-state index contributed by atoms with van der Waals surface area (Å²) in [6, 6.07) is 7.19. The molecule has 1 nitrogen and oxygen atoms in total.